The van der Waals surface area contributed by atoms with Crippen LogP contribution in [-0.2, 0) is 9.59 Å². The predicted molar refractivity (Wildman–Crippen MR) is 125 cm³/mol. The Labute approximate surface area is 200 Å². The molecule has 1 heterocycles. The Morgan fingerprint density at radius 1 is 0.943 bits per heavy atom. The minimum Gasteiger partial charge on any atom is -0.497 e. The molecule has 10 heteroatoms. The van der Waals surface area contributed by atoms with E-state index in [-0.39, 0.29) is 11.3 Å². The van der Waals surface area contributed by atoms with Crippen molar-refractivity contribution in [3.8, 4) is 5.75 Å². The van der Waals surface area contributed by atoms with E-state index in [9.17, 15) is 23.6 Å². The number of hydrazine groups is 1. The topological polar surface area (TPSA) is 108 Å². The van der Waals surface area contributed by atoms with Gasteiger partial charge in [-0.2, -0.15) is 0 Å². The van der Waals surface area contributed by atoms with Gasteiger partial charge < -0.3 is 10.1 Å². The van der Waals surface area contributed by atoms with Gasteiger partial charge in [-0.25, -0.2) is 19.1 Å². The fraction of sp³-hybridized carbons (Fsp3) is 0.120. The molecule has 0 spiro atoms. The molecule has 3 aromatic carbocycles. The van der Waals surface area contributed by atoms with Crippen LogP contribution in [0.15, 0.2) is 78.9 Å². The van der Waals surface area contributed by atoms with E-state index in [0.717, 1.165) is 22.0 Å². The highest BCUT2D eigenvalue weighted by Gasteiger charge is 2.48. The van der Waals surface area contributed by atoms with Gasteiger partial charge in [-0.15, -0.1) is 0 Å². The number of carbonyl (C=O) groups excluding carboxylic acids is 4. The van der Waals surface area contributed by atoms with Crippen molar-refractivity contribution in [1.82, 2.24) is 10.4 Å². The Kier molecular flexibility index (Phi) is 6.72. The zero-order chi connectivity index (χ0) is 24.9. The number of anilines is 2. The Hall–Kier alpha value is -4.73. The number of rotatable bonds is 7. The van der Waals surface area contributed by atoms with Gasteiger partial charge in [0, 0.05) is 11.3 Å². The molecule has 1 fully saturated rings. The highest BCUT2D eigenvalue weighted by Crippen LogP contribution is 2.26. The zero-order valence-electron chi connectivity index (χ0n) is 18.6. The Morgan fingerprint density at radius 2 is 1.60 bits per heavy atom. The Morgan fingerprint density at radius 3 is 2.23 bits per heavy atom. The van der Waals surface area contributed by atoms with Crippen molar-refractivity contribution in [2.24, 2.45) is 0 Å². The maximum Gasteiger partial charge on any atom is 0.350 e. The molecule has 1 aliphatic heterocycles. The smallest absolute Gasteiger partial charge is 0.350 e. The largest absolute Gasteiger partial charge is 0.497 e. The van der Waals surface area contributed by atoms with Gasteiger partial charge in [-0.1, -0.05) is 18.2 Å². The minimum atomic E-state index is -1.32. The molecule has 5 amide bonds. The van der Waals surface area contributed by atoms with Crippen LogP contribution in [0.1, 0.15) is 16.8 Å². The predicted octanol–water partition coefficient (Wildman–Crippen LogP) is 3.35. The van der Waals surface area contributed by atoms with Crippen molar-refractivity contribution in [1.29, 1.82) is 0 Å². The highest BCUT2D eigenvalue weighted by atomic mass is 19.1. The molecule has 0 radical (unpaired) electrons. The maximum atomic E-state index is 13.4. The number of methoxy groups -OCH3 is 1. The van der Waals surface area contributed by atoms with Crippen molar-refractivity contribution in [3.05, 3.63) is 90.2 Å². The summed E-state index contributed by atoms with van der Waals surface area (Å²) in [6, 6.07) is 17.2. The fourth-order valence-corrected chi connectivity index (χ4v) is 3.55. The van der Waals surface area contributed by atoms with Crippen molar-refractivity contribution < 1.29 is 28.3 Å². The summed E-state index contributed by atoms with van der Waals surface area (Å²) in [6.07, 6.45) is -0.427. The zero-order valence-corrected chi connectivity index (χ0v) is 18.6. The second-order valence-electron chi connectivity index (χ2n) is 7.61. The molecule has 4 rings (SSSR count). The van der Waals surface area contributed by atoms with E-state index >= 15 is 0 Å². The summed E-state index contributed by atoms with van der Waals surface area (Å²) in [6.45, 7) is 0. The van der Waals surface area contributed by atoms with Crippen molar-refractivity contribution in [2.45, 2.75) is 12.5 Å². The molecular weight excluding hydrogens is 455 g/mol. The van der Waals surface area contributed by atoms with Crippen molar-refractivity contribution >= 4 is 35.1 Å². The van der Waals surface area contributed by atoms with E-state index in [2.05, 4.69) is 10.7 Å². The summed E-state index contributed by atoms with van der Waals surface area (Å²) in [5.41, 5.74) is 3.26. The lowest BCUT2D eigenvalue weighted by molar-refractivity contribution is -0.124. The summed E-state index contributed by atoms with van der Waals surface area (Å²) >= 11 is 0. The average Bonchev–Trinajstić information content (AvgIpc) is 3.09. The molecule has 35 heavy (non-hydrogen) atoms. The van der Waals surface area contributed by atoms with Crippen LogP contribution in [0.4, 0.5) is 20.6 Å². The third-order valence-corrected chi connectivity index (χ3v) is 5.31. The van der Waals surface area contributed by atoms with Crippen LogP contribution in [0.3, 0.4) is 0 Å². The van der Waals surface area contributed by atoms with Gasteiger partial charge in [0.05, 0.1) is 19.2 Å². The van der Waals surface area contributed by atoms with Crippen molar-refractivity contribution in [3.63, 3.8) is 0 Å². The second-order valence-corrected chi connectivity index (χ2v) is 7.61. The first-order valence-electron chi connectivity index (χ1n) is 10.6. The van der Waals surface area contributed by atoms with Crippen LogP contribution in [0.5, 0.6) is 5.75 Å². The first kappa shape index (κ1) is 23.4. The molecule has 0 unspecified atom stereocenters. The molecule has 0 aromatic heterocycles. The van der Waals surface area contributed by atoms with Crippen LogP contribution >= 0.6 is 0 Å². The van der Waals surface area contributed by atoms with E-state index in [1.165, 1.54) is 19.2 Å². The van der Waals surface area contributed by atoms with E-state index in [0.29, 0.717) is 11.4 Å². The van der Waals surface area contributed by atoms with Gasteiger partial charge in [0.25, 0.3) is 11.8 Å². The number of carbonyl (C=O) groups is 4. The number of nitrogens with zero attached hydrogens (tertiary/aromatic N) is 2. The van der Waals surface area contributed by atoms with E-state index in [4.69, 9.17) is 4.74 Å². The SMILES string of the molecule is COc1ccc(NC(=O)C[C@H]2C(=O)N(c3ccc(F)cc3)C(=O)N2NC(=O)c2ccccc2)cc1. The van der Waals surface area contributed by atoms with Crippen LogP contribution in [0.25, 0.3) is 0 Å². The Balaban J connectivity index is 1.57. The summed E-state index contributed by atoms with van der Waals surface area (Å²) in [4.78, 5) is 52.7. The van der Waals surface area contributed by atoms with Gasteiger partial charge in [0.2, 0.25) is 5.91 Å². The van der Waals surface area contributed by atoms with E-state index in [1.54, 1.807) is 54.6 Å². The number of imide groups is 1. The van der Waals surface area contributed by atoms with E-state index in [1.807, 2.05) is 0 Å². The number of nitrogens with one attached hydrogen (secondary N) is 2. The first-order chi connectivity index (χ1) is 16.9. The molecule has 0 saturated carbocycles. The van der Waals surface area contributed by atoms with Gasteiger partial charge in [-0.05, 0) is 60.7 Å². The normalized spacial score (nSPS) is 15.2. The molecule has 1 aliphatic rings. The number of amides is 5. The average molecular weight is 476 g/mol. The molecule has 0 bridgehead atoms. The van der Waals surface area contributed by atoms with Gasteiger partial charge in [0.1, 0.15) is 17.6 Å². The molecule has 1 atom stereocenters. The van der Waals surface area contributed by atoms with Gasteiger partial charge in [0.15, 0.2) is 0 Å². The van der Waals surface area contributed by atoms with Crippen molar-refractivity contribution in [2.75, 3.05) is 17.3 Å². The third kappa shape index (κ3) is 5.11. The number of halogens is 1. The quantitative estimate of drug-likeness (QED) is 0.509. The molecule has 0 aliphatic carbocycles. The number of hydrogen-bond acceptors (Lipinski definition) is 5. The maximum absolute atomic E-state index is 13.4. The van der Waals surface area contributed by atoms with Gasteiger partial charge in [-0.3, -0.25) is 19.8 Å². The van der Waals surface area contributed by atoms with Crippen LogP contribution in [0, 0.1) is 5.82 Å². The lowest BCUT2D eigenvalue weighted by atomic mass is 10.1. The van der Waals surface area contributed by atoms with Crippen LogP contribution in [-0.4, -0.2) is 41.9 Å². The fourth-order valence-electron chi connectivity index (χ4n) is 3.55. The van der Waals surface area contributed by atoms with E-state index < -0.39 is 42.0 Å². The summed E-state index contributed by atoms with van der Waals surface area (Å²) in [5, 5.41) is 3.49. The number of hydrogen-bond donors (Lipinski definition) is 2. The van der Waals surface area contributed by atoms with Crippen LogP contribution in [0.2, 0.25) is 0 Å². The minimum absolute atomic E-state index is 0.110. The second kappa shape index (κ2) is 10.0. The monoisotopic (exact) mass is 476 g/mol. The molecule has 3 aromatic rings. The summed E-state index contributed by atoms with van der Waals surface area (Å²) in [7, 11) is 1.52. The lowest BCUT2D eigenvalue weighted by Gasteiger charge is -2.22. The lowest BCUT2D eigenvalue weighted by Crippen LogP contribution is -2.49. The number of urea groups is 1. The first-order valence-corrected chi connectivity index (χ1v) is 10.6. The third-order valence-electron chi connectivity index (χ3n) is 5.31. The molecule has 9 nitrogen and oxygen atoms in total. The van der Waals surface area contributed by atoms with Gasteiger partial charge >= 0.3 is 6.03 Å². The highest BCUT2D eigenvalue weighted by molar-refractivity contribution is 6.22. The molecule has 2 N–H and O–H groups in total. The number of ether oxygens (including phenoxy) is 1. The standard InChI is InChI=1S/C25H21FN4O5/c1-35-20-13-9-18(10-14-20)27-22(31)15-21-24(33)29(19-11-7-17(26)8-12-19)25(34)30(21)28-23(32)16-5-3-2-4-6-16/h2-14,21H,15H2,1H3,(H,27,31)(H,28,32)/t21-/m0/s1. The molecule has 1 saturated heterocycles. The molecular formula is C25H21FN4O5. The van der Waals surface area contributed by atoms with Crippen LogP contribution < -0.4 is 20.4 Å². The number of benzene rings is 3. The molecule has 178 valence electrons. The Bertz CT molecular complexity index is 1250. The summed E-state index contributed by atoms with van der Waals surface area (Å²) < 4.78 is 18.5. The summed E-state index contributed by atoms with van der Waals surface area (Å²) in [5.74, 6) is -1.86.